The van der Waals surface area contributed by atoms with Gasteiger partial charge in [-0.15, -0.1) is 0 Å². The Morgan fingerprint density at radius 1 is 1.43 bits per heavy atom. The molecule has 0 saturated heterocycles. The van der Waals surface area contributed by atoms with E-state index in [1.807, 2.05) is 6.07 Å². The molecule has 1 atom stereocenters. The molecule has 1 unspecified atom stereocenters. The van der Waals surface area contributed by atoms with Crippen molar-refractivity contribution in [3.63, 3.8) is 0 Å². The molecule has 0 aromatic heterocycles. The van der Waals surface area contributed by atoms with Gasteiger partial charge in [0.1, 0.15) is 0 Å². The van der Waals surface area contributed by atoms with Crippen molar-refractivity contribution >= 4 is 0 Å². The Bertz CT molecular complexity index is 565. The molecule has 0 radical (unpaired) electrons. The maximum atomic E-state index is 8.36. The molecule has 1 aliphatic heterocycles. The van der Waals surface area contributed by atoms with Gasteiger partial charge in [-0.1, -0.05) is 19.0 Å². The van der Waals surface area contributed by atoms with Crippen molar-refractivity contribution in [3.05, 3.63) is 34.4 Å². The zero-order chi connectivity index (χ0) is 14.8. The van der Waals surface area contributed by atoms with Gasteiger partial charge >= 0.3 is 0 Å². The topological polar surface area (TPSA) is 9.23 Å². The molecular weight excluding hydrogens is 172 g/mol. The summed E-state index contributed by atoms with van der Waals surface area (Å²) in [5.41, 5.74) is 3.10. The smallest absolute Gasteiger partial charge is 0.0720 e. The van der Waals surface area contributed by atoms with E-state index in [2.05, 4.69) is 0 Å². The van der Waals surface area contributed by atoms with Crippen molar-refractivity contribution in [3.8, 4) is 0 Å². The third-order valence-corrected chi connectivity index (χ3v) is 2.99. The second-order valence-electron chi connectivity index (χ2n) is 3.90. The highest BCUT2D eigenvalue weighted by atomic mass is 16.5. The number of hydrogen-bond acceptors (Lipinski definition) is 1. The van der Waals surface area contributed by atoms with E-state index < -0.39 is 19.3 Å². The van der Waals surface area contributed by atoms with Crippen LogP contribution in [0.3, 0.4) is 0 Å². The number of rotatable bonds is 0. The molecule has 0 bridgehead atoms. The SMILES string of the molecule is [2H]C([2H])([2H])C1([2H])c2cc3c(cc2COC1([2H])[2H])CCC3. The Morgan fingerprint density at radius 3 is 3.14 bits per heavy atom. The minimum Gasteiger partial charge on any atom is -0.376 e. The number of fused-ring (bicyclic) bond motifs is 2. The number of benzene rings is 1. The van der Waals surface area contributed by atoms with Crippen LogP contribution >= 0.6 is 0 Å². The maximum absolute atomic E-state index is 8.36. The molecule has 1 nitrogen and oxygen atoms in total. The van der Waals surface area contributed by atoms with E-state index in [1.54, 1.807) is 6.07 Å². The Balaban J connectivity index is 2.25. The van der Waals surface area contributed by atoms with Crippen molar-refractivity contribution in [1.82, 2.24) is 0 Å². The predicted octanol–water partition coefficient (Wildman–Crippen LogP) is 2.81. The van der Waals surface area contributed by atoms with E-state index in [0.29, 0.717) is 5.56 Å². The lowest BCUT2D eigenvalue weighted by atomic mass is 9.91. The molecule has 1 aromatic carbocycles. The average Bonchev–Trinajstić information content (AvgIpc) is 2.78. The first kappa shape index (κ1) is 4.36. The van der Waals surface area contributed by atoms with Gasteiger partial charge in [-0.05, 0) is 41.5 Å². The van der Waals surface area contributed by atoms with Crippen LogP contribution < -0.4 is 0 Å². The molecule has 1 aliphatic carbocycles. The Labute approximate surface area is 93.5 Å². The molecule has 3 rings (SSSR count). The minimum absolute atomic E-state index is 0.0202. The highest BCUT2D eigenvalue weighted by molar-refractivity contribution is 5.42. The fourth-order valence-electron chi connectivity index (χ4n) is 2.27. The van der Waals surface area contributed by atoms with Crippen LogP contribution in [0.25, 0.3) is 0 Å². The van der Waals surface area contributed by atoms with E-state index in [-0.39, 0.29) is 12.2 Å². The highest BCUT2D eigenvalue weighted by Crippen LogP contribution is 2.32. The summed E-state index contributed by atoms with van der Waals surface area (Å²) in [5.74, 6) is -2.38. The summed E-state index contributed by atoms with van der Waals surface area (Å²) in [4.78, 5) is 0. The zero-order valence-electron chi connectivity index (χ0n) is 13.9. The summed E-state index contributed by atoms with van der Waals surface area (Å²) < 4.78 is 52.1. The van der Waals surface area contributed by atoms with Crippen LogP contribution in [-0.4, -0.2) is 6.56 Å². The van der Waals surface area contributed by atoms with Gasteiger partial charge in [0.15, 0.2) is 0 Å². The fourth-order valence-corrected chi connectivity index (χ4v) is 2.27. The van der Waals surface area contributed by atoms with Crippen molar-refractivity contribution < 1.29 is 13.0 Å². The Kier molecular flexibility index (Phi) is 0.963. The Morgan fingerprint density at radius 2 is 2.29 bits per heavy atom. The first-order chi connectivity index (χ1) is 9.17. The summed E-state index contributed by atoms with van der Waals surface area (Å²) in [5, 5.41) is 0. The molecule has 0 N–H and O–H groups in total. The van der Waals surface area contributed by atoms with Crippen LogP contribution in [0.2, 0.25) is 0 Å². The average molecular weight is 194 g/mol. The summed E-state index contributed by atoms with van der Waals surface area (Å²) in [6.07, 6.45) is 2.84. The van der Waals surface area contributed by atoms with E-state index in [0.717, 1.165) is 24.8 Å². The van der Waals surface area contributed by atoms with E-state index >= 15 is 0 Å². The number of aryl methyl sites for hydroxylation is 2. The van der Waals surface area contributed by atoms with Gasteiger partial charge in [0, 0.05) is 11.4 Å². The van der Waals surface area contributed by atoms with Gasteiger partial charge in [-0.2, -0.15) is 0 Å². The van der Waals surface area contributed by atoms with E-state index in [4.69, 9.17) is 13.0 Å². The van der Waals surface area contributed by atoms with Crippen LogP contribution in [0, 0.1) is 0 Å². The lowest BCUT2D eigenvalue weighted by Crippen LogP contribution is -2.14. The van der Waals surface area contributed by atoms with Crippen molar-refractivity contribution in [2.24, 2.45) is 0 Å². The first-order valence-corrected chi connectivity index (χ1v) is 4.96. The quantitative estimate of drug-likeness (QED) is 0.617. The molecule has 74 valence electrons. The van der Waals surface area contributed by atoms with Crippen LogP contribution in [0.1, 0.15) is 49.6 Å². The van der Waals surface area contributed by atoms with Crippen molar-refractivity contribution in [2.75, 3.05) is 6.56 Å². The lowest BCUT2D eigenvalue weighted by Gasteiger charge is -2.23. The summed E-state index contributed by atoms with van der Waals surface area (Å²) >= 11 is 0. The summed E-state index contributed by atoms with van der Waals surface area (Å²) in [6, 6.07) is 3.61. The molecule has 0 saturated carbocycles. The number of hydrogen-bond donors (Lipinski definition) is 0. The first-order valence-electron chi connectivity index (χ1n) is 7.96. The summed E-state index contributed by atoms with van der Waals surface area (Å²) in [6.45, 7) is -5.30. The second kappa shape index (κ2) is 3.09. The van der Waals surface area contributed by atoms with Crippen molar-refractivity contribution in [2.45, 2.75) is 38.6 Å². The molecule has 0 fully saturated rings. The molecule has 1 heterocycles. The lowest BCUT2D eigenvalue weighted by molar-refractivity contribution is 0.0950. The Hall–Kier alpha value is -0.820. The number of ether oxygens (including phenoxy) is 1. The molecule has 14 heavy (non-hydrogen) atoms. The molecule has 1 heteroatoms. The molecule has 2 aliphatic rings. The second-order valence-corrected chi connectivity index (χ2v) is 3.90. The highest BCUT2D eigenvalue weighted by Gasteiger charge is 2.20. The minimum atomic E-state index is -2.79. The van der Waals surface area contributed by atoms with Gasteiger partial charge in [0.25, 0.3) is 0 Å². The molecule has 0 amide bonds. The predicted molar refractivity (Wildman–Crippen MR) is 56.5 cm³/mol. The molecule has 1 aromatic rings. The zero-order valence-corrected chi connectivity index (χ0v) is 7.89. The van der Waals surface area contributed by atoms with Crippen molar-refractivity contribution in [1.29, 1.82) is 0 Å². The summed E-state index contributed by atoms with van der Waals surface area (Å²) in [7, 11) is 0. The molecule has 0 spiro atoms. The standard InChI is InChI=1S/C13H16O/c1-9-7-14-8-12-5-10-3-2-4-11(10)6-13(9)12/h5-6,9H,2-4,7-8H2,1H3/i1D3,7D2,9D. The van der Waals surface area contributed by atoms with Crippen LogP contribution in [0.4, 0.5) is 0 Å². The van der Waals surface area contributed by atoms with Gasteiger partial charge in [-0.25, -0.2) is 0 Å². The third kappa shape index (κ3) is 1.19. The van der Waals surface area contributed by atoms with Crippen LogP contribution in [0.5, 0.6) is 0 Å². The monoisotopic (exact) mass is 194 g/mol. The normalized spacial score (nSPS) is 40.6. The largest absolute Gasteiger partial charge is 0.376 e. The van der Waals surface area contributed by atoms with Crippen LogP contribution in [-0.2, 0) is 24.2 Å². The van der Waals surface area contributed by atoms with Gasteiger partial charge in [0.05, 0.1) is 15.9 Å². The van der Waals surface area contributed by atoms with Gasteiger partial charge in [-0.3, -0.25) is 0 Å². The van der Waals surface area contributed by atoms with Crippen LogP contribution in [0.15, 0.2) is 12.1 Å². The third-order valence-electron chi connectivity index (χ3n) is 2.99. The molecular formula is C13H16O. The van der Waals surface area contributed by atoms with Gasteiger partial charge in [0.2, 0.25) is 0 Å². The fraction of sp³-hybridized carbons (Fsp3) is 0.538. The van der Waals surface area contributed by atoms with Gasteiger partial charge < -0.3 is 4.74 Å². The van der Waals surface area contributed by atoms with E-state index in [1.165, 1.54) is 5.56 Å². The maximum Gasteiger partial charge on any atom is 0.0720 e. The van der Waals surface area contributed by atoms with E-state index in [9.17, 15) is 0 Å².